The number of hydrogen-bond donors (Lipinski definition) is 3. The first-order valence-corrected chi connectivity index (χ1v) is 8.82. The van der Waals surface area contributed by atoms with E-state index in [4.69, 9.17) is 0 Å². The fourth-order valence-corrected chi connectivity index (χ4v) is 3.67. The van der Waals surface area contributed by atoms with Crippen molar-refractivity contribution in [3.63, 3.8) is 0 Å². The second-order valence-corrected chi connectivity index (χ2v) is 7.45. The molecule has 3 N–H and O–H groups in total. The molecule has 2 aromatic rings. The van der Waals surface area contributed by atoms with E-state index in [9.17, 15) is 26.8 Å². The molecule has 136 valence electrons. The van der Waals surface area contributed by atoms with Gasteiger partial charge in [-0.05, 0) is 42.8 Å². The lowest BCUT2D eigenvalue weighted by atomic mass is 9.92. The van der Waals surface area contributed by atoms with Crippen LogP contribution < -0.4 is 15.4 Å². The monoisotopic (exact) mass is 381 g/mol. The minimum absolute atomic E-state index is 0.0151. The molecule has 1 aliphatic rings. The van der Waals surface area contributed by atoms with Crippen molar-refractivity contribution < 1.29 is 26.8 Å². The summed E-state index contributed by atoms with van der Waals surface area (Å²) < 4.78 is 53.8. The number of imide groups is 1. The Labute approximate surface area is 147 Å². The molecule has 3 rings (SSSR count). The highest BCUT2D eigenvalue weighted by atomic mass is 32.2. The third kappa shape index (κ3) is 3.10. The summed E-state index contributed by atoms with van der Waals surface area (Å²) in [5, 5.41) is 4.54. The van der Waals surface area contributed by atoms with E-state index in [2.05, 4.69) is 15.4 Å². The van der Waals surface area contributed by atoms with Gasteiger partial charge in [0.05, 0.1) is 0 Å². The molecular weight excluding hydrogens is 368 g/mol. The molecule has 0 aliphatic carbocycles. The zero-order valence-corrected chi connectivity index (χ0v) is 14.2. The second kappa shape index (κ2) is 6.06. The molecule has 1 atom stereocenters. The summed E-state index contributed by atoms with van der Waals surface area (Å²) in [6.07, 6.45) is 0. The van der Waals surface area contributed by atoms with Gasteiger partial charge in [-0.1, -0.05) is 12.1 Å². The fourth-order valence-electron chi connectivity index (χ4n) is 2.53. The number of benzene rings is 2. The largest absolute Gasteiger partial charge is 0.322 e. The molecular formula is C16H13F2N3O4S. The molecule has 0 bridgehead atoms. The Hall–Kier alpha value is -3.01. The van der Waals surface area contributed by atoms with Crippen LogP contribution in [0.4, 0.5) is 19.3 Å². The van der Waals surface area contributed by atoms with Crippen LogP contribution in [0.1, 0.15) is 12.5 Å². The summed E-state index contributed by atoms with van der Waals surface area (Å²) in [6, 6.07) is 7.06. The van der Waals surface area contributed by atoms with Crippen molar-refractivity contribution in [2.75, 3.05) is 4.72 Å². The van der Waals surface area contributed by atoms with Gasteiger partial charge in [0.25, 0.3) is 15.9 Å². The van der Waals surface area contributed by atoms with Crippen LogP contribution in [0.2, 0.25) is 0 Å². The number of nitrogens with one attached hydrogen (secondary N) is 3. The second-order valence-electron chi connectivity index (χ2n) is 5.79. The molecule has 2 aromatic carbocycles. The highest BCUT2D eigenvalue weighted by molar-refractivity contribution is 7.92. The molecule has 10 heteroatoms. The molecule has 0 spiro atoms. The topological polar surface area (TPSA) is 104 Å². The van der Waals surface area contributed by atoms with Crippen LogP contribution in [0, 0.1) is 11.6 Å². The van der Waals surface area contributed by atoms with Gasteiger partial charge in [-0.25, -0.2) is 22.0 Å². The molecule has 3 amide bonds. The summed E-state index contributed by atoms with van der Waals surface area (Å²) in [7, 11) is -4.40. The average Bonchev–Trinajstić information content (AvgIpc) is 2.83. The van der Waals surface area contributed by atoms with E-state index < -0.39 is 44.0 Å². The van der Waals surface area contributed by atoms with E-state index in [1.165, 1.54) is 31.2 Å². The summed E-state index contributed by atoms with van der Waals surface area (Å²) in [5.74, 6) is -2.61. The third-order valence-electron chi connectivity index (χ3n) is 3.92. The Kier molecular flexibility index (Phi) is 4.15. The number of amides is 3. The van der Waals surface area contributed by atoms with E-state index in [0.717, 1.165) is 6.07 Å². The van der Waals surface area contributed by atoms with E-state index in [1.807, 2.05) is 0 Å². The number of sulfonamides is 1. The van der Waals surface area contributed by atoms with Gasteiger partial charge >= 0.3 is 6.03 Å². The van der Waals surface area contributed by atoms with Gasteiger partial charge in [0.1, 0.15) is 22.1 Å². The molecule has 0 saturated carbocycles. The Morgan fingerprint density at radius 3 is 2.46 bits per heavy atom. The number of carbonyl (C=O) groups excluding carboxylic acids is 2. The van der Waals surface area contributed by atoms with Crippen molar-refractivity contribution in [1.82, 2.24) is 10.6 Å². The predicted molar refractivity (Wildman–Crippen MR) is 87.6 cm³/mol. The van der Waals surface area contributed by atoms with Gasteiger partial charge in [0.15, 0.2) is 0 Å². The molecule has 7 nitrogen and oxygen atoms in total. The lowest BCUT2D eigenvalue weighted by Crippen LogP contribution is -2.40. The lowest BCUT2D eigenvalue weighted by Gasteiger charge is -2.22. The number of halogens is 2. The van der Waals surface area contributed by atoms with E-state index in [1.54, 1.807) is 0 Å². The highest BCUT2D eigenvalue weighted by Crippen LogP contribution is 2.28. The van der Waals surface area contributed by atoms with Crippen molar-refractivity contribution >= 4 is 27.6 Å². The van der Waals surface area contributed by atoms with Gasteiger partial charge in [-0.15, -0.1) is 0 Å². The predicted octanol–water partition coefficient (Wildman–Crippen LogP) is 1.82. The highest BCUT2D eigenvalue weighted by Gasteiger charge is 2.43. The molecule has 0 radical (unpaired) electrons. The van der Waals surface area contributed by atoms with Gasteiger partial charge < -0.3 is 5.32 Å². The molecule has 1 unspecified atom stereocenters. The smallest absolute Gasteiger partial charge is 0.320 e. The molecule has 1 heterocycles. The SMILES string of the molecule is CC1(c2cccc(NS(=O)(=O)c3cc(F)ccc3F)c2)NC(=O)NC1=O. The summed E-state index contributed by atoms with van der Waals surface area (Å²) >= 11 is 0. The summed E-state index contributed by atoms with van der Waals surface area (Å²) in [6.45, 7) is 1.45. The molecule has 1 saturated heterocycles. The minimum Gasteiger partial charge on any atom is -0.320 e. The first-order chi connectivity index (χ1) is 12.1. The van der Waals surface area contributed by atoms with E-state index in [-0.39, 0.29) is 5.69 Å². The summed E-state index contributed by atoms with van der Waals surface area (Å²) in [5.41, 5.74) is -1.06. The van der Waals surface area contributed by atoms with Gasteiger partial charge in [-0.2, -0.15) is 0 Å². The zero-order valence-electron chi connectivity index (χ0n) is 13.3. The maximum Gasteiger partial charge on any atom is 0.322 e. The van der Waals surface area contributed by atoms with Crippen LogP contribution in [0.5, 0.6) is 0 Å². The lowest BCUT2D eigenvalue weighted by molar-refractivity contribution is -0.123. The number of rotatable bonds is 4. The maximum atomic E-state index is 13.8. The fraction of sp³-hybridized carbons (Fsp3) is 0.125. The van der Waals surface area contributed by atoms with Crippen molar-refractivity contribution in [2.24, 2.45) is 0 Å². The standard InChI is InChI=1S/C16H13F2N3O4S/c1-16(14(22)19-15(23)20-16)9-3-2-4-11(7-9)21-26(24,25)13-8-10(17)5-6-12(13)18/h2-8,21H,1H3,(H2,19,20,22,23). The van der Waals surface area contributed by atoms with Gasteiger partial charge in [0, 0.05) is 5.69 Å². The molecule has 26 heavy (non-hydrogen) atoms. The third-order valence-corrected chi connectivity index (χ3v) is 5.32. The van der Waals surface area contributed by atoms with Crippen LogP contribution in [0.3, 0.4) is 0 Å². The van der Waals surface area contributed by atoms with Crippen LogP contribution in [0.25, 0.3) is 0 Å². The Morgan fingerprint density at radius 1 is 1.08 bits per heavy atom. The Bertz CT molecular complexity index is 1030. The van der Waals surface area contributed by atoms with Gasteiger partial charge in [0.2, 0.25) is 0 Å². The minimum atomic E-state index is -4.40. The number of hydrogen-bond acceptors (Lipinski definition) is 4. The summed E-state index contributed by atoms with van der Waals surface area (Å²) in [4.78, 5) is 22.5. The zero-order chi connectivity index (χ0) is 19.1. The van der Waals surface area contributed by atoms with Crippen LogP contribution in [-0.4, -0.2) is 20.4 Å². The van der Waals surface area contributed by atoms with Gasteiger partial charge in [-0.3, -0.25) is 14.8 Å². The first-order valence-electron chi connectivity index (χ1n) is 7.34. The quantitative estimate of drug-likeness (QED) is 0.703. The first kappa shape index (κ1) is 17.8. The van der Waals surface area contributed by atoms with Crippen molar-refractivity contribution in [2.45, 2.75) is 17.4 Å². The average molecular weight is 381 g/mol. The molecule has 1 fully saturated rings. The molecule has 1 aliphatic heterocycles. The van der Waals surface area contributed by atoms with Crippen molar-refractivity contribution in [3.8, 4) is 0 Å². The molecule has 0 aromatic heterocycles. The van der Waals surface area contributed by atoms with Crippen LogP contribution in [0.15, 0.2) is 47.4 Å². The van der Waals surface area contributed by atoms with Crippen molar-refractivity contribution in [1.29, 1.82) is 0 Å². The van der Waals surface area contributed by atoms with Crippen molar-refractivity contribution in [3.05, 3.63) is 59.7 Å². The number of urea groups is 1. The van der Waals surface area contributed by atoms with Crippen LogP contribution in [-0.2, 0) is 20.4 Å². The number of carbonyl (C=O) groups is 2. The Balaban J connectivity index is 1.96. The van der Waals surface area contributed by atoms with Crippen LogP contribution >= 0.6 is 0 Å². The maximum absolute atomic E-state index is 13.8. The number of anilines is 1. The van der Waals surface area contributed by atoms with E-state index >= 15 is 0 Å². The normalized spacial score (nSPS) is 19.8. The van der Waals surface area contributed by atoms with E-state index in [0.29, 0.717) is 17.7 Å². The Morgan fingerprint density at radius 2 is 1.81 bits per heavy atom.